The summed E-state index contributed by atoms with van der Waals surface area (Å²) < 4.78 is 27.5. The summed E-state index contributed by atoms with van der Waals surface area (Å²) in [6.45, 7) is 5.49. The third-order valence-electron chi connectivity index (χ3n) is 4.66. The molecule has 0 bridgehead atoms. The average Bonchev–Trinajstić information content (AvgIpc) is 2.72. The molecule has 0 spiro atoms. The van der Waals surface area contributed by atoms with Gasteiger partial charge in [0.05, 0.1) is 13.7 Å². The molecule has 1 N–H and O–H groups in total. The van der Waals surface area contributed by atoms with Gasteiger partial charge in [0.25, 0.3) is 0 Å². The lowest BCUT2D eigenvalue weighted by atomic mass is 10.0. The van der Waals surface area contributed by atoms with E-state index in [4.69, 9.17) is 30.1 Å². The van der Waals surface area contributed by atoms with E-state index in [2.05, 4.69) is 5.92 Å². The Kier molecular flexibility index (Phi) is 13.1. The van der Waals surface area contributed by atoms with E-state index < -0.39 is 48.5 Å². The van der Waals surface area contributed by atoms with Crippen LogP contribution in [0.1, 0.15) is 59.3 Å². The van der Waals surface area contributed by atoms with E-state index in [0.29, 0.717) is 25.8 Å². The zero-order chi connectivity index (χ0) is 24.8. The predicted molar refractivity (Wildman–Crippen MR) is 116 cm³/mol. The number of hydrogen-bond acceptors (Lipinski definition) is 9. The van der Waals surface area contributed by atoms with Crippen molar-refractivity contribution in [1.82, 2.24) is 0 Å². The van der Waals surface area contributed by atoms with Crippen LogP contribution in [0, 0.1) is 12.3 Å². The molecule has 1 saturated heterocycles. The Hall–Kier alpha value is -2.64. The molecule has 1 aliphatic rings. The van der Waals surface area contributed by atoms with Crippen LogP contribution in [-0.4, -0.2) is 75.2 Å². The van der Waals surface area contributed by atoms with Gasteiger partial charge in [-0.1, -0.05) is 20.8 Å². The van der Waals surface area contributed by atoms with Crippen molar-refractivity contribution in [3.05, 3.63) is 0 Å². The van der Waals surface area contributed by atoms with Crippen LogP contribution in [0.25, 0.3) is 0 Å². The summed E-state index contributed by atoms with van der Waals surface area (Å²) in [7, 11) is 1.72. The fourth-order valence-corrected chi connectivity index (χ4v) is 3.13. The Labute approximate surface area is 195 Å². The van der Waals surface area contributed by atoms with Crippen molar-refractivity contribution in [2.75, 3.05) is 26.7 Å². The van der Waals surface area contributed by atoms with Crippen molar-refractivity contribution in [3.63, 3.8) is 0 Å². The molecule has 33 heavy (non-hydrogen) atoms. The highest BCUT2D eigenvalue weighted by Crippen LogP contribution is 2.26. The van der Waals surface area contributed by atoms with Gasteiger partial charge in [-0.05, 0) is 25.2 Å². The maximum Gasteiger partial charge on any atom is 0.364 e. The Morgan fingerprint density at radius 1 is 0.848 bits per heavy atom. The highest BCUT2D eigenvalue weighted by molar-refractivity contribution is 5.72. The standard InChI is InChI=1S/C23H35NO9/c1-6-10-17(25)30-16-15-29-23(33-20(28)14-24(5)13-9-4)22(32-19(27)12-8-3)21(16)31-18(26)11-7-2/h4,16,21-23H,6-8,10-15H2,1-3,5H3/p+1. The molecule has 1 fully saturated rings. The summed E-state index contributed by atoms with van der Waals surface area (Å²) in [6, 6.07) is 0. The minimum atomic E-state index is -1.34. The number of quaternary nitrogens is 1. The van der Waals surface area contributed by atoms with E-state index in [1.807, 2.05) is 13.8 Å². The summed E-state index contributed by atoms with van der Waals surface area (Å²) in [5, 5.41) is 0. The van der Waals surface area contributed by atoms with Gasteiger partial charge in [0.2, 0.25) is 12.4 Å². The Morgan fingerprint density at radius 2 is 1.36 bits per heavy atom. The molecule has 5 unspecified atom stereocenters. The summed E-state index contributed by atoms with van der Waals surface area (Å²) >= 11 is 0. The van der Waals surface area contributed by atoms with Crippen molar-refractivity contribution >= 4 is 23.9 Å². The van der Waals surface area contributed by atoms with Gasteiger partial charge < -0.3 is 28.6 Å². The minimum absolute atomic E-state index is 0.0467. The molecule has 10 nitrogen and oxygen atoms in total. The molecular weight excluding hydrogens is 434 g/mol. The molecule has 10 heteroatoms. The smallest absolute Gasteiger partial charge is 0.364 e. The van der Waals surface area contributed by atoms with Crippen LogP contribution in [0.3, 0.4) is 0 Å². The van der Waals surface area contributed by atoms with E-state index in [1.165, 1.54) is 0 Å². The van der Waals surface area contributed by atoms with Crippen LogP contribution in [-0.2, 0) is 42.9 Å². The lowest BCUT2D eigenvalue weighted by molar-refractivity contribution is -0.864. The quantitative estimate of drug-likeness (QED) is 0.228. The van der Waals surface area contributed by atoms with E-state index in [-0.39, 0.29) is 32.4 Å². The highest BCUT2D eigenvalue weighted by Gasteiger charge is 2.49. The number of ether oxygens (including phenoxy) is 5. The third kappa shape index (κ3) is 10.2. The van der Waals surface area contributed by atoms with Gasteiger partial charge >= 0.3 is 23.9 Å². The first-order valence-electron chi connectivity index (χ1n) is 11.4. The number of rotatable bonds is 13. The third-order valence-corrected chi connectivity index (χ3v) is 4.66. The Morgan fingerprint density at radius 3 is 1.88 bits per heavy atom. The van der Waals surface area contributed by atoms with Crippen molar-refractivity contribution in [3.8, 4) is 12.3 Å². The summed E-state index contributed by atoms with van der Waals surface area (Å²) in [5.74, 6) is 0.172. The van der Waals surface area contributed by atoms with Crippen LogP contribution in [0.2, 0.25) is 0 Å². The largest absolute Gasteiger partial charge is 0.456 e. The molecule has 1 rings (SSSR count). The molecular formula is C23H36NO9+. The Balaban J connectivity index is 3.13. The maximum atomic E-state index is 12.4. The molecule has 0 aromatic rings. The van der Waals surface area contributed by atoms with Crippen LogP contribution < -0.4 is 4.90 Å². The molecule has 0 saturated carbocycles. The molecule has 1 aliphatic heterocycles. The van der Waals surface area contributed by atoms with Gasteiger partial charge in [-0.15, -0.1) is 6.42 Å². The summed E-state index contributed by atoms with van der Waals surface area (Å²) in [5.41, 5.74) is 0. The monoisotopic (exact) mass is 470 g/mol. The molecule has 186 valence electrons. The summed E-state index contributed by atoms with van der Waals surface area (Å²) in [4.78, 5) is 49.8. The first-order chi connectivity index (χ1) is 15.7. The zero-order valence-electron chi connectivity index (χ0n) is 19.9. The number of hydrogen-bond donors (Lipinski definition) is 1. The van der Waals surface area contributed by atoms with Crippen LogP contribution in [0.15, 0.2) is 0 Å². The molecule has 5 atom stereocenters. The van der Waals surface area contributed by atoms with Crippen molar-refractivity contribution in [2.45, 2.75) is 83.9 Å². The van der Waals surface area contributed by atoms with Gasteiger partial charge in [-0.2, -0.15) is 0 Å². The van der Waals surface area contributed by atoms with E-state index in [1.54, 1.807) is 14.0 Å². The molecule has 0 radical (unpaired) electrons. The number of carbonyl (C=O) groups excluding carboxylic acids is 4. The van der Waals surface area contributed by atoms with Gasteiger partial charge in [-0.3, -0.25) is 14.4 Å². The van der Waals surface area contributed by atoms with Gasteiger partial charge in [0.15, 0.2) is 18.8 Å². The molecule has 0 aliphatic carbocycles. The number of carbonyl (C=O) groups is 4. The van der Waals surface area contributed by atoms with Crippen molar-refractivity contribution in [1.29, 1.82) is 0 Å². The average molecular weight is 471 g/mol. The van der Waals surface area contributed by atoms with Gasteiger partial charge in [-0.25, -0.2) is 4.79 Å². The maximum absolute atomic E-state index is 12.4. The van der Waals surface area contributed by atoms with Gasteiger partial charge in [0.1, 0.15) is 6.54 Å². The van der Waals surface area contributed by atoms with Crippen LogP contribution in [0.4, 0.5) is 0 Å². The minimum Gasteiger partial charge on any atom is -0.456 e. The van der Waals surface area contributed by atoms with Crippen LogP contribution in [0.5, 0.6) is 0 Å². The van der Waals surface area contributed by atoms with Gasteiger partial charge in [0, 0.05) is 19.3 Å². The first kappa shape index (κ1) is 28.4. The second-order valence-corrected chi connectivity index (χ2v) is 7.89. The number of esters is 4. The second kappa shape index (κ2) is 15.2. The molecule has 0 aromatic carbocycles. The SMILES string of the molecule is C#CC[NH+](C)CC(=O)OC1OCC(OC(=O)CCC)C(OC(=O)CCC)C1OC(=O)CCC. The highest BCUT2D eigenvalue weighted by atomic mass is 16.7. The zero-order valence-corrected chi connectivity index (χ0v) is 19.9. The number of terminal acetylenes is 1. The number of likely N-dealkylation sites (N-methyl/N-ethyl adjacent to an activating group) is 1. The molecule has 0 amide bonds. The van der Waals surface area contributed by atoms with E-state index in [9.17, 15) is 19.2 Å². The summed E-state index contributed by atoms with van der Waals surface area (Å²) in [6.07, 6.45) is 2.42. The lowest BCUT2D eigenvalue weighted by Crippen LogP contribution is -3.09. The second-order valence-electron chi connectivity index (χ2n) is 7.89. The topological polar surface area (TPSA) is 119 Å². The molecule has 0 aromatic heterocycles. The van der Waals surface area contributed by atoms with Crippen molar-refractivity contribution < 1.29 is 47.8 Å². The van der Waals surface area contributed by atoms with Crippen molar-refractivity contribution in [2.24, 2.45) is 0 Å². The fourth-order valence-electron chi connectivity index (χ4n) is 3.13. The van der Waals surface area contributed by atoms with E-state index >= 15 is 0 Å². The normalized spacial score (nSPS) is 23.0. The van der Waals surface area contributed by atoms with E-state index in [0.717, 1.165) is 4.90 Å². The van der Waals surface area contributed by atoms with Crippen LogP contribution >= 0.6 is 0 Å². The predicted octanol–water partition coefficient (Wildman–Crippen LogP) is 0.170. The lowest BCUT2D eigenvalue weighted by Gasteiger charge is -2.40. The molecule has 1 heterocycles. The Bertz CT molecular complexity index is 703. The first-order valence-corrected chi connectivity index (χ1v) is 11.4. The fraction of sp³-hybridized carbons (Fsp3) is 0.739. The number of nitrogens with one attached hydrogen (secondary N) is 1.